The van der Waals surface area contributed by atoms with E-state index in [2.05, 4.69) is 22.5 Å². The number of nitrogens with zero attached hydrogens (tertiary/aromatic N) is 2. The maximum absolute atomic E-state index is 12.7. The molecule has 2 aliphatic carbocycles. The average molecular weight is 310 g/mol. The number of fused-ring (bicyclic) bond motifs is 1. The van der Waals surface area contributed by atoms with Gasteiger partial charge in [-0.25, -0.2) is 0 Å². The van der Waals surface area contributed by atoms with Crippen LogP contribution in [0.3, 0.4) is 0 Å². The van der Waals surface area contributed by atoms with Gasteiger partial charge in [0.15, 0.2) is 0 Å². The summed E-state index contributed by atoms with van der Waals surface area (Å²) in [6, 6.07) is 10.1. The average Bonchev–Trinajstić information content (AvgIpc) is 3.28. The lowest BCUT2D eigenvalue weighted by Gasteiger charge is -2.19. The van der Waals surface area contributed by atoms with E-state index in [9.17, 15) is 4.79 Å². The number of benzene rings is 1. The van der Waals surface area contributed by atoms with Crippen LogP contribution >= 0.6 is 0 Å². The highest BCUT2D eigenvalue weighted by molar-refractivity contribution is 5.92. The van der Waals surface area contributed by atoms with Crippen LogP contribution in [-0.2, 0) is 6.42 Å². The number of hydrogen-bond donors (Lipinski definition) is 2. The Kier molecular flexibility index (Phi) is 3.65. The van der Waals surface area contributed by atoms with Crippen LogP contribution in [0.15, 0.2) is 36.5 Å². The minimum Gasteiger partial charge on any atom is -0.346 e. The van der Waals surface area contributed by atoms with Crippen LogP contribution in [0.5, 0.6) is 0 Å². The molecule has 0 aliphatic heterocycles. The maximum Gasteiger partial charge on any atom is 0.269 e. The molecule has 23 heavy (non-hydrogen) atoms. The summed E-state index contributed by atoms with van der Waals surface area (Å²) in [5.74, 6) is -0.0670. The first-order valence-corrected chi connectivity index (χ1v) is 8.42. The second-order valence-corrected chi connectivity index (χ2v) is 6.61. The third kappa shape index (κ3) is 2.55. The Hall–Kier alpha value is -2.14. The number of carbonyl (C=O) groups is 1. The number of nitrogens with one attached hydrogen (secondary N) is 1. The van der Waals surface area contributed by atoms with Gasteiger partial charge in [-0.05, 0) is 36.5 Å². The molecule has 0 radical (unpaired) electrons. The second kappa shape index (κ2) is 5.81. The molecule has 0 bridgehead atoms. The smallest absolute Gasteiger partial charge is 0.269 e. The summed E-state index contributed by atoms with van der Waals surface area (Å²) < 4.78 is 1.90. The fourth-order valence-corrected chi connectivity index (χ4v) is 3.94. The fourth-order valence-electron chi connectivity index (χ4n) is 3.94. The summed E-state index contributed by atoms with van der Waals surface area (Å²) in [6.07, 6.45) is 7.16. The first kappa shape index (κ1) is 14.5. The summed E-state index contributed by atoms with van der Waals surface area (Å²) in [6.45, 7) is 0. The van der Waals surface area contributed by atoms with Crippen molar-refractivity contribution >= 4 is 5.91 Å². The molecule has 5 nitrogen and oxygen atoms in total. The molecule has 1 aromatic carbocycles. The summed E-state index contributed by atoms with van der Waals surface area (Å²) in [4.78, 5) is 12.7. The number of carbonyl (C=O) groups excluding carboxylic acids is 1. The Bertz CT molecular complexity index is 717. The van der Waals surface area contributed by atoms with E-state index in [1.165, 1.54) is 18.4 Å². The summed E-state index contributed by atoms with van der Waals surface area (Å²) >= 11 is 0. The predicted molar refractivity (Wildman–Crippen MR) is 88.1 cm³/mol. The predicted octanol–water partition coefficient (Wildman–Crippen LogP) is 2.35. The van der Waals surface area contributed by atoms with Crippen molar-refractivity contribution in [3.05, 3.63) is 53.3 Å². The zero-order valence-electron chi connectivity index (χ0n) is 13.1. The van der Waals surface area contributed by atoms with Crippen molar-refractivity contribution in [1.29, 1.82) is 0 Å². The molecule has 3 N–H and O–H groups in total. The minimum atomic E-state index is -0.141. The van der Waals surface area contributed by atoms with Crippen molar-refractivity contribution in [3.63, 3.8) is 0 Å². The van der Waals surface area contributed by atoms with Crippen LogP contribution in [-0.4, -0.2) is 21.7 Å². The molecule has 2 aliphatic rings. The van der Waals surface area contributed by atoms with Gasteiger partial charge in [0, 0.05) is 6.20 Å². The van der Waals surface area contributed by atoms with E-state index in [1.54, 1.807) is 12.3 Å². The summed E-state index contributed by atoms with van der Waals surface area (Å²) in [7, 11) is 0. The Balaban J connectivity index is 1.50. The Labute approximate surface area is 135 Å². The number of aromatic nitrogens is 2. The molecule has 2 atom stereocenters. The molecule has 0 saturated heterocycles. The van der Waals surface area contributed by atoms with Crippen molar-refractivity contribution in [2.24, 2.45) is 5.73 Å². The van der Waals surface area contributed by atoms with Crippen LogP contribution in [0.1, 0.15) is 59.4 Å². The van der Waals surface area contributed by atoms with Crippen LogP contribution < -0.4 is 11.1 Å². The zero-order chi connectivity index (χ0) is 15.8. The number of amides is 1. The van der Waals surface area contributed by atoms with Crippen molar-refractivity contribution < 1.29 is 4.79 Å². The van der Waals surface area contributed by atoms with Gasteiger partial charge in [-0.1, -0.05) is 37.1 Å². The van der Waals surface area contributed by atoms with Gasteiger partial charge in [0.2, 0.25) is 0 Å². The van der Waals surface area contributed by atoms with Crippen LogP contribution in [0.25, 0.3) is 0 Å². The van der Waals surface area contributed by atoms with Gasteiger partial charge in [-0.15, -0.1) is 0 Å². The van der Waals surface area contributed by atoms with Gasteiger partial charge in [0.25, 0.3) is 5.91 Å². The maximum atomic E-state index is 12.7. The van der Waals surface area contributed by atoms with Gasteiger partial charge in [0.1, 0.15) is 5.69 Å². The second-order valence-electron chi connectivity index (χ2n) is 6.61. The van der Waals surface area contributed by atoms with Crippen LogP contribution in [0, 0.1) is 0 Å². The van der Waals surface area contributed by atoms with Gasteiger partial charge < -0.3 is 11.1 Å². The molecule has 1 saturated carbocycles. The van der Waals surface area contributed by atoms with Gasteiger partial charge in [-0.2, -0.15) is 5.10 Å². The largest absolute Gasteiger partial charge is 0.346 e. The third-order valence-corrected chi connectivity index (χ3v) is 5.18. The molecule has 120 valence electrons. The van der Waals surface area contributed by atoms with E-state index in [0.717, 1.165) is 24.8 Å². The highest BCUT2D eigenvalue weighted by Gasteiger charge is 2.32. The fraction of sp³-hybridized carbons (Fsp3) is 0.444. The minimum absolute atomic E-state index is 0.0492. The molecule has 1 fully saturated rings. The van der Waals surface area contributed by atoms with Crippen molar-refractivity contribution in [2.75, 3.05) is 0 Å². The number of rotatable bonds is 3. The van der Waals surface area contributed by atoms with E-state index < -0.39 is 0 Å². The van der Waals surface area contributed by atoms with Gasteiger partial charge in [0.05, 0.1) is 18.1 Å². The van der Waals surface area contributed by atoms with Crippen LogP contribution in [0.2, 0.25) is 0 Å². The van der Waals surface area contributed by atoms with Crippen LogP contribution in [0.4, 0.5) is 0 Å². The van der Waals surface area contributed by atoms with Gasteiger partial charge in [-0.3, -0.25) is 9.48 Å². The highest BCUT2D eigenvalue weighted by atomic mass is 16.2. The molecule has 5 heteroatoms. The first-order chi connectivity index (χ1) is 11.2. The quantitative estimate of drug-likeness (QED) is 0.914. The molecule has 0 spiro atoms. The zero-order valence-corrected chi connectivity index (χ0v) is 13.1. The lowest BCUT2D eigenvalue weighted by molar-refractivity contribution is 0.0919. The molecule has 1 aromatic heterocycles. The molecule has 1 amide bonds. The van der Waals surface area contributed by atoms with E-state index in [-0.39, 0.29) is 18.0 Å². The lowest BCUT2D eigenvalue weighted by atomic mass is 10.1. The first-order valence-electron chi connectivity index (χ1n) is 8.42. The molecule has 1 heterocycles. The molecule has 4 rings (SSSR count). The molecule has 0 unspecified atom stereocenters. The molecular formula is C18H22N4O. The van der Waals surface area contributed by atoms with Crippen molar-refractivity contribution in [2.45, 2.75) is 50.2 Å². The van der Waals surface area contributed by atoms with Gasteiger partial charge >= 0.3 is 0 Å². The standard InChI is InChI=1S/C18H22N4O/c19-17-14-8-4-1-5-12(14)11-15(17)21-18(23)16-9-10-20-22(16)13-6-2-3-7-13/h1,4-5,8-10,13,15,17H,2-3,6-7,11,19H2,(H,21,23)/t15-,17-/m1/s1. The number of hydrogen-bond acceptors (Lipinski definition) is 3. The van der Waals surface area contributed by atoms with E-state index in [1.807, 2.05) is 16.8 Å². The summed E-state index contributed by atoms with van der Waals surface area (Å²) in [5, 5.41) is 7.49. The monoisotopic (exact) mass is 310 g/mol. The number of nitrogens with two attached hydrogens (primary N) is 1. The Morgan fingerprint density at radius 3 is 2.78 bits per heavy atom. The molecule has 2 aromatic rings. The third-order valence-electron chi connectivity index (χ3n) is 5.18. The van der Waals surface area contributed by atoms with Crippen molar-refractivity contribution in [3.8, 4) is 0 Å². The SMILES string of the molecule is N[C@@H]1c2ccccc2C[C@H]1NC(=O)c1ccnn1C1CCCC1. The van der Waals surface area contributed by atoms with Crippen molar-refractivity contribution in [1.82, 2.24) is 15.1 Å². The highest BCUT2D eigenvalue weighted by Crippen LogP contribution is 2.31. The lowest BCUT2D eigenvalue weighted by Crippen LogP contribution is -2.41. The van der Waals surface area contributed by atoms with E-state index in [0.29, 0.717) is 11.7 Å². The summed E-state index contributed by atoms with van der Waals surface area (Å²) in [5.41, 5.74) is 9.34. The van der Waals surface area contributed by atoms with E-state index >= 15 is 0 Å². The molecular weight excluding hydrogens is 288 g/mol. The van der Waals surface area contributed by atoms with E-state index in [4.69, 9.17) is 5.73 Å². The Morgan fingerprint density at radius 2 is 2.00 bits per heavy atom. The topological polar surface area (TPSA) is 72.9 Å². The Morgan fingerprint density at radius 1 is 1.22 bits per heavy atom. The normalized spacial score (nSPS) is 23.9.